The number of nitriles is 2. The highest BCUT2D eigenvalue weighted by Crippen LogP contribution is 2.39. The van der Waals surface area contributed by atoms with E-state index in [0.29, 0.717) is 16.8 Å². The van der Waals surface area contributed by atoms with Gasteiger partial charge in [-0.3, -0.25) is 0 Å². The molecular weight excluding hydrogens is 270 g/mol. The predicted molar refractivity (Wildman–Crippen MR) is 87.0 cm³/mol. The van der Waals surface area contributed by atoms with E-state index in [-0.39, 0.29) is 0 Å². The number of hydrogen-bond acceptors (Lipinski definition) is 3. The summed E-state index contributed by atoms with van der Waals surface area (Å²) < 4.78 is 0. The van der Waals surface area contributed by atoms with Gasteiger partial charge >= 0.3 is 0 Å². The van der Waals surface area contributed by atoms with Crippen molar-refractivity contribution < 1.29 is 0 Å². The van der Waals surface area contributed by atoms with Crippen LogP contribution < -0.4 is 5.73 Å². The SMILES string of the molecule is N#Cc1c(N)c(C#N)c(-c2ccccc2)c2c1CCCCC2. The third kappa shape index (κ3) is 2.22. The van der Waals surface area contributed by atoms with Gasteiger partial charge in [0.05, 0.1) is 16.8 Å². The lowest BCUT2D eigenvalue weighted by molar-refractivity contribution is 0.711. The second-order valence-corrected chi connectivity index (χ2v) is 5.65. The van der Waals surface area contributed by atoms with Gasteiger partial charge in [-0.25, -0.2) is 0 Å². The van der Waals surface area contributed by atoms with E-state index < -0.39 is 0 Å². The van der Waals surface area contributed by atoms with Crippen LogP contribution in [0.15, 0.2) is 30.3 Å². The Hall–Kier alpha value is -2.78. The van der Waals surface area contributed by atoms with Crippen LogP contribution in [-0.2, 0) is 12.8 Å². The summed E-state index contributed by atoms with van der Waals surface area (Å²) in [5.74, 6) is 0. The zero-order chi connectivity index (χ0) is 15.5. The standard InChI is InChI=1S/C19H17N3/c20-11-16-14-9-5-2-6-10-15(14)18(17(12-21)19(16)22)13-7-3-1-4-8-13/h1,3-4,7-8H,2,5-6,9-10,22H2. The zero-order valence-electron chi connectivity index (χ0n) is 12.4. The lowest BCUT2D eigenvalue weighted by atomic mass is 9.85. The van der Waals surface area contributed by atoms with E-state index in [1.54, 1.807) is 0 Å². The summed E-state index contributed by atoms with van der Waals surface area (Å²) in [6, 6.07) is 14.4. The molecule has 3 nitrogen and oxygen atoms in total. The zero-order valence-corrected chi connectivity index (χ0v) is 12.4. The molecule has 0 radical (unpaired) electrons. The van der Waals surface area contributed by atoms with Crippen LogP contribution in [0.25, 0.3) is 11.1 Å². The average Bonchev–Trinajstić information content (AvgIpc) is 2.80. The van der Waals surface area contributed by atoms with Crippen molar-refractivity contribution in [3.05, 3.63) is 52.6 Å². The number of benzene rings is 2. The van der Waals surface area contributed by atoms with E-state index in [1.807, 2.05) is 30.3 Å². The van der Waals surface area contributed by atoms with Crippen molar-refractivity contribution in [1.82, 2.24) is 0 Å². The molecule has 0 bridgehead atoms. The lowest BCUT2D eigenvalue weighted by Gasteiger charge is -2.18. The van der Waals surface area contributed by atoms with E-state index >= 15 is 0 Å². The van der Waals surface area contributed by atoms with E-state index in [9.17, 15) is 10.5 Å². The number of nitrogens with zero attached hydrogens (tertiary/aromatic N) is 2. The maximum atomic E-state index is 9.61. The van der Waals surface area contributed by atoms with Crippen molar-refractivity contribution in [2.75, 3.05) is 5.73 Å². The number of hydrogen-bond donors (Lipinski definition) is 1. The predicted octanol–water partition coefficient (Wildman–Crippen LogP) is 3.95. The molecule has 0 amide bonds. The molecule has 0 spiro atoms. The molecule has 0 saturated heterocycles. The fourth-order valence-corrected chi connectivity index (χ4v) is 3.37. The molecule has 0 unspecified atom stereocenters. The largest absolute Gasteiger partial charge is 0.397 e. The summed E-state index contributed by atoms with van der Waals surface area (Å²) in [6.45, 7) is 0. The Morgan fingerprint density at radius 1 is 0.818 bits per heavy atom. The molecule has 3 rings (SSSR count). The van der Waals surface area contributed by atoms with Gasteiger partial charge in [0.25, 0.3) is 0 Å². The molecule has 2 aromatic rings. The molecule has 0 atom stereocenters. The molecule has 22 heavy (non-hydrogen) atoms. The number of anilines is 1. The first-order valence-electron chi connectivity index (χ1n) is 7.60. The minimum Gasteiger partial charge on any atom is -0.397 e. The molecular formula is C19H17N3. The van der Waals surface area contributed by atoms with Crippen molar-refractivity contribution >= 4 is 5.69 Å². The first-order valence-corrected chi connectivity index (χ1v) is 7.60. The highest BCUT2D eigenvalue weighted by molar-refractivity contribution is 5.85. The maximum Gasteiger partial charge on any atom is 0.102 e. The molecule has 108 valence electrons. The van der Waals surface area contributed by atoms with E-state index in [2.05, 4.69) is 12.1 Å². The molecule has 0 fully saturated rings. The van der Waals surface area contributed by atoms with Crippen molar-refractivity contribution in [2.45, 2.75) is 32.1 Å². The fourth-order valence-electron chi connectivity index (χ4n) is 3.37. The monoisotopic (exact) mass is 287 g/mol. The third-order valence-corrected chi connectivity index (χ3v) is 4.40. The topological polar surface area (TPSA) is 73.6 Å². The Morgan fingerprint density at radius 3 is 2.09 bits per heavy atom. The van der Waals surface area contributed by atoms with Crippen LogP contribution in [0.2, 0.25) is 0 Å². The smallest absolute Gasteiger partial charge is 0.102 e. The summed E-state index contributed by atoms with van der Waals surface area (Å²) in [4.78, 5) is 0. The molecule has 0 aromatic heterocycles. The normalized spacial score (nSPS) is 13.5. The second-order valence-electron chi connectivity index (χ2n) is 5.65. The van der Waals surface area contributed by atoms with Gasteiger partial charge in [0.1, 0.15) is 12.1 Å². The first kappa shape index (κ1) is 14.2. The van der Waals surface area contributed by atoms with Gasteiger partial charge in [-0.1, -0.05) is 36.8 Å². The third-order valence-electron chi connectivity index (χ3n) is 4.40. The lowest BCUT2D eigenvalue weighted by Crippen LogP contribution is -2.07. The van der Waals surface area contributed by atoms with E-state index in [1.165, 1.54) is 0 Å². The van der Waals surface area contributed by atoms with Gasteiger partial charge in [-0.2, -0.15) is 10.5 Å². The second kappa shape index (κ2) is 5.92. The number of fused-ring (bicyclic) bond motifs is 1. The quantitative estimate of drug-likeness (QED) is 0.637. The van der Waals surface area contributed by atoms with Crippen LogP contribution in [0, 0.1) is 22.7 Å². The van der Waals surface area contributed by atoms with Gasteiger partial charge < -0.3 is 5.73 Å². The molecule has 2 aromatic carbocycles. The van der Waals surface area contributed by atoms with E-state index in [4.69, 9.17) is 5.73 Å². The average molecular weight is 287 g/mol. The van der Waals surface area contributed by atoms with Crippen molar-refractivity contribution in [3.63, 3.8) is 0 Å². The van der Waals surface area contributed by atoms with Crippen LogP contribution in [-0.4, -0.2) is 0 Å². The van der Waals surface area contributed by atoms with E-state index in [0.717, 1.165) is 54.4 Å². The summed E-state index contributed by atoms with van der Waals surface area (Å²) in [7, 11) is 0. The Balaban J connectivity index is 2.41. The number of nitrogen functional groups attached to an aromatic ring is 1. The molecule has 2 N–H and O–H groups in total. The summed E-state index contributed by atoms with van der Waals surface area (Å²) in [6.07, 6.45) is 5.08. The minimum absolute atomic E-state index is 0.338. The van der Waals surface area contributed by atoms with Gasteiger partial charge in [-0.15, -0.1) is 0 Å². The summed E-state index contributed by atoms with van der Waals surface area (Å²) >= 11 is 0. The molecule has 3 heteroatoms. The number of nitrogens with two attached hydrogens (primary N) is 1. The van der Waals surface area contributed by atoms with Crippen LogP contribution in [0.5, 0.6) is 0 Å². The molecule has 1 aliphatic rings. The highest BCUT2D eigenvalue weighted by Gasteiger charge is 2.24. The number of rotatable bonds is 1. The van der Waals surface area contributed by atoms with Gasteiger partial charge in [0.15, 0.2) is 0 Å². The Labute approximate surface area is 130 Å². The maximum absolute atomic E-state index is 9.61. The van der Waals surface area contributed by atoms with Crippen molar-refractivity contribution in [1.29, 1.82) is 10.5 Å². The highest BCUT2D eigenvalue weighted by atomic mass is 14.6. The Morgan fingerprint density at radius 2 is 1.45 bits per heavy atom. The van der Waals surface area contributed by atoms with Crippen LogP contribution in [0.1, 0.15) is 41.5 Å². The summed E-state index contributed by atoms with van der Waals surface area (Å²) in [5, 5.41) is 19.1. The molecule has 1 aliphatic carbocycles. The van der Waals surface area contributed by atoms with Gasteiger partial charge in [0, 0.05) is 5.56 Å². The van der Waals surface area contributed by atoms with Crippen molar-refractivity contribution in [2.24, 2.45) is 0 Å². The van der Waals surface area contributed by atoms with Crippen LogP contribution >= 0.6 is 0 Å². The molecule has 0 heterocycles. The van der Waals surface area contributed by atoms with Gasteiger partial charge in [-0.05, 0) is 42.4 Å². The van der Waals surface area contributed by atoms with Crippen LogP contribution in [0.3, 0.4) is 0 Å². The summed E-state index contributed by atoms with van der Waals surface area (Å²) in [5.41, 5.74) is 11.6. The Bertz CT molecular complexity index is 792. The molecule has 0 saturated carbocycles. The van der Waals surface area contributed by atoms with Gasteiger partial charge in [0.2, 0.25) is 0 Å². The minimum atomic E-state index is 0.338. The van der Waals surface area contributed by atoms with Crippen LogP contribution in [0.4, 0.5) is 5.69 Å². The first-order chi connectivity index (χ1) is 10.8. The Kier molecular flexibility index (Phi) is 3.81. The fraction of sp³-hybridized carbons (Fsp3) is 0.263. The van der Waals surface area contributed by atoms with Crippen molar-refractivity contribution in [3.8, 4) is 23.3 Å². The molecule has 0 aliphatic heterocycles.